The lowest BCUT2D eigenvalue weighted by molar-refractivity contribution is -0.125. The summed E-state index contributed by atoms with van der Waals surface area (Å²) in [5, 5.41) is 23.4. The van der Waals surface area contributed by atoms with Crippen molar-refractivity contribution in [1.82, 2.24) is 5.32 Å². The van der Waals surface area contributed by atoms with Gasteiger partial charge in [0.1, 0.15) is 0 Å². The van der Waals surface area contributed by atoms with Gasteiger partial charge < -0.3 is 25.5 Å². The van der Waals surface area contributed by atoms with Crippen molar-refractivity contribution in [2.75, 3.05) is 0 Å². The van der Waals surface area contributed by atoms with Crippen LogP contribution in [0.2, 0.25) is 5.02 Å². The summed E-state index contributed by atoms with van der Waals surface area (Å²) in [5.74, 6) is -1.42. The molecule has 0 aliphatic heterocycles. The highest BCUT2D eigenvalue weighted by Gasteiger charge is 2.29. The maximum absolute atomic E-state index is 12.4. The third-order valence-corrected chi connectivity index (χ3v) is 4.82. The highest BCUT2D eigenvalue weighted by molar-refractivity contribution is 6.43. The van der Waals surface area contributed by atoms with Crippen molar-refractivity contribution in [3.05, 3.63) is 35.0 Å². The Morgan fingerprint density at radius 2 is 2.15 bits per heavy atom. The first-order valence-electron chi connectivity index (χ1n) is 8.90. The summed E-state index contributed by atoms with van der Waals surface area (Å²) in [6, 6.07) is 5.32. The lowest BCUT2D eigenvalue weighted by Crippen LogP contribution is -2.49. The quantitative estimate of drug-likeness (QED) is 0.499. The van der Waals surface area contributed by atoms with E-state index in [1.807, 2.05) is 13.0 Å². The van der Waals surface area contributed by atoms with Crippen LogP contribution in [-0.2, 0) is 11.2 Å². The van der Waals surface area contributed by atoms with Crippen molar-refractivity contribution in [1.29, 1.82) is 0 Å². The molecule has 0 bridgehead atoms. The maximum atomic E-state index is 12.4. The molecule has 0 radical (unpaired) electrons. The van der Waals surface area contributed by atoms with Gasteiger partial charge in [-0.05, 0) is 30.9 Å². The van der Waals surface area contributed by atoms with Gasteiger partial charge in [0.25, 0.3) is 0 Å². The Hall–Kier alpha value is -1.54. The number of hydrogen-bond donors (Lipinski definition) is 4. The van der Waals surface area contributed by atoms with Crippen molar-refractivity contribution < 1.29 is 19.3 Å². The Morgan fingerprint density at radius 1 is 1.42 bits per heavy atom. The number of nitrogens with one attached hydrogen (secondary N) is 1. The second kappa shape index (κ2) is 9.42. The third kappa shape index (κ3) is 5.24. The Bertz CT molecular complexity index is 737. The number of rotatable bonds is 9. The molecule has 1 heterocycles. The molecule has 0 spiro atoms. The van der Waals surface area contributed by atoms with Crippen molar-refractivity contribution in [3.63, 3.8) is 0 Å². The number of benzene rings is 1. The predicted octanol–water partition coefficient (Wildman–Crippen LogP) is 2.28. The molecular formula is C18H26BClN2O4. The normalized spacial score (nSPS) is 14.8. The molecule has 0 fully saturated rings. The number of para-hydroxylation sites is 1. The van der Waals surface area contributed by atoms with Crippen LogP contribution in [-0.4, -0.2) is 35.1 Å². The molecule has 142 valence electrons. The lowest BCUT2D eigenvalue weighted by Gasteiger charge is -2.21. The average Bonchev–Trinajstić information content (AvgIpc) is 2.98. The molecule has 1 aromatic heterocycles. The fourth-order valence-corrected chi connectivity index (χ4v) is 3.29. The number of hydrogen-bond acceptors (Lipinski definition) is 5. The van der Waals surface area contributed by atoms with Crippen molar-refractivity contribution in [2.45, 2.75) is 51.5 Å². The second-order valence-electron chi connectivity index (χ2n) is 6.80. The van der Waals surface area contributed by atoms with E-state index >= 15 is 0 Å². The number of carbonyl (C=O) groups is 1. The van der Waals surface area contributed by atoms with E-state index < -0.39 is 13.1 Å². The maximum Gasteiger partial charge on any atom is 0.475 e. The van der Waals surface area contributed by atoms with Gasteiger partial charge in [0.15, 0.2) is 5.58 Å². The fourth-order valence-electron chi connectivity index (χ4n) is 3.08. The number of halogens is 1. The predicted molar refractivity (Wildman–Crippen MR) is 104 cm³/mol. The second-order valence-corrected chi connectivity index (χ2v) is 7.20. The van der Waals surface area contributed by atoms with Gasteiger partial charge in [-0.15, -0.1) is 0 Å². The highest BCUT2D eigenvalue weighted by atomic mass is 35.5. The summed E-state index contributed by atoms with van der Waals surface area (Å²) in [6.07, 6.45) is 4.11. The first-order chi connectivity index (χ1) is 12.3. The van der Waals surface area contributed by atoms with E-state index in [4.69, 9.17) is 21.8 Å². The SMILES string of the molecule is CCC[C@@H](N)C[C@H](C)C(=O)N[C@@H](Cc1coc2c(Cl)cccc12)B(O)O. The van der Waals surface area contributed by atoms with Crippen LogP contribution in [0.3, 0.4) is 0 Å². The molecule has 0 aliphatic carbocycles. The van der Waals surface area contributed by atoms with Crippen LogP contribution in [0.5, 0.6) is 0 Å². The average molecular weight is 381 g/mol. The fraction of sp³-hybridized carbons (Fsp3) is 0.500. The van der Waals surface area contributed by atoms with Crippen LogP contribution in [0.25, 0.3) is 11.0 Å². The number of fused-ring (bicyclic) bond motifs is 1. The molecule has 6 nitrogen and oxygen atoms in total. The zero-order valence-electron chi connectivity index (χ0n) is 15.1. The Balaban J connectivity index is 2.06. The third-order valence-electron chi connectivity index (χ3n) is 4.52. The van der Waals surface area contributed by atoms with E-state index in [1.165, 1.54) is 6.26 Å². The van der Waals surface area contributed by atoms with Gasteiger partial charge in [-0.2, -0.15) is 0 Å². The van der Waals surface area contributed by atoms with E-state index in [0.29, 0.717) is 17.0 Å². The number of amides is 1. The molecule has 1 amide bonds. The largest absolute Gasteiger partial charge is 0.475 e. The number of carbonyl (C=O) groups excluding carboxylic acids is 1. The standard InChI is InChI=1S/C18H26BClN2O4/c1-3-5-13(21)8-11(2)18(23)22-16(19(24)25)9-12-10-26-17-14(12)6-4-7-15(17)20/h4,6-7,10-11,13,16,24-25H,3,5,8-9,21H2,1-2H3,(H,22,23)/t11-,13+,16-/m0/s1. The zero-order valence-corrected chi connectivity index (χ0v) is 15.9. The Morgan fingerprint density at radius 3 is 2.81 bits per heavy atom. The summed E-state index contributed by atoms with van der Waals surface area (Å²) < 4.78 is 5.47. The summed E-state index contributed by atoms with van der Waals surface area (Å²) in [6.45, 7) is 3.84. The summed E-state index contributed by atoms with van der Waals surface area (Å²) in [5.41, 5.74) is 7.28. The minimum Gasteiger partial charge on any atom is -0.462 e. The first-order valence-corrected chi connectivity index (χ1v) is 9.28. The Labute approximate surface area is 158 Å². The molecule has 0 unspecified atom stereocenters. The summed E-state index contributed by atoms with van der Waals surface area (Å²) in [4.78, 5) is 12.4. The summed E-state index contributed by atoms with van der Waals surface area (Å²) >= 11 is 6.10. The Kier molecular flexibility index (Phi) is 7.52. The van der Waals surface area contributed by atoms with Crippen molar-refractivity contribution in [2.24, 2.45) is 11.7 Å². The topological polar surface area (TPSA) is 109 Å². The van der Waals surface area contributed by atoms with Crippen LogP contribution in [0.15, 0.2) is 28.9 Å². The van der Waals surface area contributed by atoms with E-state index in [2.05, 4.69) is 5.32 Å². The molecule has 2 rings (SSSR count). The molecule has 3 atom stereocenters. The molecule has 8 heteroatoms. The van der Waals surface area contributed by atoms with Crippen LogP contribution in [0.1, 0.15) is 38.7 Å². The van der Waals surface area contributed by atoms with Crippen LogP contribution < -0.4 is 11.1 Å². The van der Waals surface area contributed by atoms with Crippen molar-refractivity contribution >= 4 is 35.6 Å². The zero-order chi connectivity index (χ0) is 19.3. The van der Waals surface area contributed by atoms with E-state index in [0.717, 1.165) is 23.8 Å². The summed E-state index contributed by atoms with van der Waals surface area (Å²) in [7, 11) is -1.69. The molecule has 0 saturated carbocycles. The van der Waals surface area contributed by atoms with Crippen LogP contribution in [0, 0.1) is 5.92 Å². The van der Waals surface area contributed by atoms with E-state index in [1.54, 1.807) is 19.1 Å². The van der Waals surface area contributed by atoms with Gasteiger partial charge in [0.05, 0.1) is 17.2 Å². The molecule has 0 aliphatic rings. The molecule has 2 aromatic rings. The van der Waals surface area contributed by atoms with E-state index in [9.17, 15) is 14.8 Å². The van der Waals surface area contributed by atoms with Gasteiger partial charge in [-0.25, -0.2) is 0 Å². The first kappa shape index (κ1) is 20.8. The molecule has 1 aromatic carbocycles. The lowest BCUT2D eigenvalue weighted by atomic mass is 9.75. The molecular weight excluding hydrogens is 354 g/mol. The van der Waals surface area contributed by atoms with Gasteiger partial charge in [-0.1, -0.05) is 44.0 Å². The monoisotopic (exact) mass is 380 g/mol. The van der Waals surface area contributed by atoms with E-state index in [-0.39, 0.29) is 24.3 Å². The van der Waals surface area contributed by atoms with Gasteiger partial charge in [0, 0.05) is 17.3 Å². The van der Waals surface area contributed by atoms with Gasteiger partial charge >= 0.3 is 7.12 Å². The highest BCUT2D eigenvalue weighted by Crippen LogP contribution is 2.28. The van der Waals surface area contributed by atoms with Crippen LogP contribution in [0.4, 0.5) is 0 Å². The number of nitrogens with two attached hydrogens (primary N) is 1. The van der Waals surface area contributed by atoms with Gasteiger partial charge in [-0.3, -0.25) is 4.79 Å². The molecule has 0 saturated heterocycles. The molecule has 26 heavy (non-hydrogen) atoms. The minimum atomic E-state index is -1.69. The van der Waals surface area contributed by atoms with Crippen LogP contribution >= 0.6 is 11.6 Å². The van der Waals surface area contributed by atoms with Gasteiger partial charge in [0.2, 0.25) is 5.91 Å². The minimum absolute atomic E-state index is 0.0433. The van der Waals surface area contributed by atoms with Crippen molar-refractivity contribution in [3.8, 4) is 0 Å². The number of furan rings is 1. The molecule has 5 N–H and O–H groups in total. The smallest absolute Gasteiger partial charge is 0.462 e.